The third kappa shape index (κ3) is 5.32. The second kappa shape index (κ2) is 8.44. The fraction of sp³-hybridized carbons (Fsp3) is 0.467. The largest absolute Gasteiger partial charge is 0.381 e. The van der Waals surface area contributed by atoms with Gasteiger partial charge in [0.2, 0.25) is 0 Å². The smallest absolute Gasteiger partial charge is 0.0652 e. The summed E-state index contributed by atoms with van der Waals surface area (Å²) in [6.07, 6.45) is 7.77. The Labute approximate surface area is 120 Å². The van der Waals surface area contributed by atoms with Gasteiger partial charge in [0, 0.05) is 11.1 Å². The van der Waals surface area contributed by atoms with E-state index in [0.717, 1.165) is 18.5 Å². The molecular formula is C15H21Cl2N. The predicted molar refractivity (Wildman–Crippen MR) is 82.8 cm³/mol. The number of rotatable bonds is 8. The van der Waals surface area contributed by atoms with Crippen molar-refractivity contribution >= 4 is 28.9 Å². The van der Waals surface area contributed by atoms with Crippen LogP contribution in [0.1, 0.15) is 39.0 Å². The van der Waals surface area contributed by atoms with Gasteiger partial charge in [-0.15, -0.1) is 6.58 Å². The maximum absolute atomic E-state index is 6.16. The van der Waals surface area contributed by atoms with Crippen molar-refractivity contribution in [1.82, 2.24) is 0 Å². The summed E-state index contributed by atoms with van der Waals surface area (Å²) in [5.74, 6) is 0. The summed E-state index contributed by atoms with van der Waals surface area (Å²) in [5, 5.41) is 4.81. The quantitative estimate of drug-likeness (QED) is 0.461. The molecule has 0 spiro atoms. The standard InChI is InChI=1S/C15H21Cl2N/c1-3-5-6-8-13(7-4-2)18-15-10-9-12(16)11-14(15)17/h4,9-11,13,18H,2-3,5-8H2,1H3. The lowest BCUT2D eigenvalue weighted by Gasteiger charge is -2.19. The van der Waals surface area contributed by atoms with Crippen LogP contribution in [0.2, 0.25) is 10.0 Å². The van der Waals surface area contributed by atoms with Crippen LogP contribution in [0, 0.1) is 0 Å². The zero-order chi connectivity index (χ0) is 13.4. The molecule has 0 amide bonds. The zero-order valence-electron chi connectivity index (χ0n) is 10.9. The topological polar surface area (TPSA) is 12.0 Å². The average Bonchev–Trinajstić information content (AvgIpc) is 2.33. The Morgan fingerprint density at radius 2 is 2.11 bits per heavy atom. The lowest BCUT2D eigenvalue weighted by atomic mass is 10.1. The summed E-state index contributed by atoms with van der Waals surface area (Å²) in [6.45, 7) is 6.03. The Kier molecular flexibility index (Phi) is 7.22. The number of benzene rings is 1. The van der Waals surface area contributed by atoms with Gasteiger partial charge in [-0.1, -0.05) is 55.5 Å². The second-order valence-corrected chi connectivity index (χ2v) is 5.33. The molecule has 1 N–H and O–H groups in total. The maximum Gasteiger partial charge on any atom is 0.0652 e. The third-order valence-electron chi connectivity index (χ3n) is 2.90. The van der Waals surface area contributed by atoms with Gasteiger partial charge in [0.25, 0.3) is 0 Å². The molecule has 0 bridgehead atoms. The van der Waals surface area contributed by atoms with E-state index in [2.05, 4.69) is 18.8 Å². The Morgan fingerprint density at radius 1 is 1.33 bits per heavy atom. The van der Waals surface area contributed by atoms with Gasteiger partial charge in [-0.05, 0) is 31.0 Å². The van der Waals surface area contributed by atoms with Crippen molar-refractivity contribution in [3.05, 3.63) is 40.9 Å². The van der Waals surface area contributed by atoms with E-state index in [4.69, 9.17) is 23.2 Å². The Hall–Kier alpha value is -0.660. The monoisotopic (exact) mass is 285 g/mol. The minimum Gasteiger partial charge on any atom is -0.381 e. The average molecular weight is 286 g/mol. The van der Waals surface area contributed by atoms with Crippen LogP contribution < -0.4 is 5.32 Å². The number of nitrogens with one attached hydrogen (secondary N) is 1. The first-order chi connectivity index (χ1) is 8.67. The molecule has 0 aliphatic heterocycles. The number of halogens is 2. The van der Waals surface area contributed by atoms with E-state index < -0.39 is 0 Å². The van der Waals surface area contributed by atoms with Gasteiger partial charge in [0.15, 0.2) is 0 Å². The molecule has 0 saturated carbocycles. The van der Waals surface area contributed by atoms with Gasteiger partial charge >= 0.3 is 0 Å². The van der Waals surface area contributed by atoms with Gasteiger partial charge in [-0.25, -0.2) is 0 Å². The Balaban J connectivity index is 2.61. The van der Waals surface area contributed by atoms with Crippen molar-refractivity contribution in [3.63, 3.8) is 0 Å². The first-order valence-electron chi connectivity index (χ1n) is 6.49. The number of unbranched alkanes of at least 4 members (excludes halogenated alkanes) is 2. The van der Waals surface area contributed by atoms with E-state index >= 15 is 0 Å². The van der Waals surface area contributed by atoms with Crippen LogP contribution in [-0.2, 0) is 0 Å². The van der Waals surface area contributed by atoms with Crippen molar-refractivity contribution in [2.75, 3.05) is 5.32 Å². The number of anilines is 1. The first-order valence-corrected chi connectivity index (χ1v) is 7.25. The van der Waals surface area contributed by atoms with Crippen LogP contribution in [-0.4, -0.2) is 6.04 Å². The molecule has 0 heterocycles. The van der Waals surface area contributed by atoms with E-state index in [-0.39, 0.29) is 0 Å². The Morgan fingerprint density at radius 3 is 2.72 bits per heavy atom. The van der Waals surface area contributed by atoms with Crippen molar-refractivity contribution in [2.24, 2.45) is 0 Å². The molecule has 1 unspecified atom stereocenters. The molecule has 1 nitrogen and oxygen atoms in total. The molecule has 0 aliphatic carbocycles. The van der Waals surface area contributed by atoms with Gasteiger partial charge in [-0.2, -0.15) is 0 Å². The van der Waals surface area contributed by atoms with Gasteiger partial charge in [-0.3, -0.25) is 0 Å². The van der Waals surface area contributed by atoms with Crippen LogP contribution in [0.4, 0.5) is 5.69 Å². The van der Waals surface area contributed by atoms with Crippen LogP contribution in [0.3, 0.4) is 0 Å². The summed E-state index contributed by atoms with van der Waals surface area (Å²) in [6, 6.07) is 5.95. The number of hydrogen-bond donors (Lipinski definition) is 1. The molecule has 1 aromatic carbocycles. The van der Waals surface area contributed by atoms with Gasteiger partial charge in [0.1, 0.15) is 0 Å². The maximum atomic E-state index is 6.16. The lowest BCUT2D eigenvalue weighted by Crippen LogP contribution is -2.18. The van der Waals surface area contributed by atoms with Crippen molar-refractivity contribution in [2.45, 2.75) is 45.1 Å². The van der Waals surface area contributed by atoms with E-state index in [0.29, 0.717) is 16.1 Å². The molecule has 1 aromatic rings. The van der Waals surface area contributed by atoms with E-state index in [9.17, 15) is 0 Å². The molecule has 1 atom stereocenters. The van der Waals surface area contributed by atoms with Crippen molar-refractivity contribution in [3.8, 4) is 0 Å². The minimum atomic E-state index is 0.396. The fourth-order valence-corrected chi connectivity index (χ4v) is 2.38. The summed E-state index contributed by atoms with van der Waals surface area (Å²) in [4.78, 5) is 0. The van der Waals surface area contributed by atoms with Crippen molar-refractivity contribution in [1.29, 1.82) is 0 Å². The lowest BCUT2D eigenvalue weighted by molar-refractivity contribution is 0.590. The second-order valence-electron chi connectivity index (χ2n) is 4.49. The fourth-order valence-electron chi connectivity index (χ4n) is 1.92. The molecule has 0 fully saturated rings. The summed E-state index contributed by atoms with van der Waals surface area (Å²) in [7, 11) is 0. The summed E-state index contributed by atoms with van der Waals surface area (Å²) >= 11 is 12.1. The first kappa shape index (κ1) is 15.4. The van der Waals surface area contributed by atoms with Crippen LogP contribution in [0.25, 0.3) is 0 Å². The molecule has 3 heteroatoms. The van der Waals surface area contributed by atoms with Crippen LogP contribution in [0.5, 0.6) is 0 Å². The van der Waals surface area contributed by atoms with E-state index in [1.54, 1.807) is 6.07 Å². The van der Waals surface area contributed by atoms with E-state index in [1.165, 1.54) is 19.3 Å². The highest BCUT2D eigenvalue weighted by Gasteiger charge is 2.09. The minimum absolute atomic E-state index is 0.396. The normalized spacial score (nSPS) is 12.2. The van der Waals surface area contributed by atoms with Crippen LogP contribution >= 0.6 is 23.2 Å². The molecule has 0 aliphatic rings. The molecule has 0 aromatic heterocycles. The highest BCUT2D eigenvalue weighted by molar-refractivity contribution is 6.36. The number of hydrogen-bond acceptors (Lipinski definition) is 1. The summed E-state index contributed by atoms with van der Waals surface area (Å²) in [5.41, 5.74) is 0.949. The molecule has 100 valence electrons. The highest BCUT2D eigenvalue weighted by atomic mass is 35.5. The zero-order valence-corrected chi connectivity index (χ0v) is 12.4. The molecule has 18 heavy (non-hydrogen) atoms. The molecule has 1 rings (SSSR count). The summed E-state index contributed by atoms with van der Waals surface area (Å²) < 4.78 is 0. The van der Waals surface area contributed by atoms with Crippen molar-refractivity contribution < 1.29 is 0 Å². The molecule has 0 radical (unpaired) electrons. The van der Waals surface area contributed by atoms with E-state index in [1.807, 2.05) is 18.2 Å². The van der Waals surface area contributed by atoms with Gasteiger partial charge in [0.05, 0.1) is 10.7 Å². The third-order valence-corrected chi connectivity index (χ3v) is 3.45. The predicted octanol–water partition coefficient (Wildman–Crippen LogP) is 5.93. The Bertz CT molecular complexity index is 377. The van der Waals surface area contributed by atoms with Gasteiger partial charge < -0.3 is 5.32 Å². The van der Waals surface area contributed by atoms with Crippen LogP contribution in [0.15, 0.2) is 30.9 Å². The SMILES string of the molecule is C=CCC(CCCCC)Nc1ccc(Cl)cc1Cl. The molecular weight excluding hydrogens is 265 g/mol. The highest BCUT2D eigenvalue weighted by Crippen LogP contribution is 2.27. The molecule has 0 saturated heterocycles.